The summed E-state index contributed by atoms with van der Waals surface area (Å²) in [6.07, 6.45) is 0.567. The molecule has 0 aliphatic carbocycles. The monoisotopic (exact) mass is 219 g/mol. The third-order valence-corrected chi connectivity index (χ3v) is 2.34. The molecule has 0 unspecified atom stereocenters. The SMILES string of the molecule is COc1ccc2nc(CCN)[nH]c(=O)c2c1. The van der Waals surface area contributed by atoms with Gasteiger partial charge in [-0.1, -0.05) is 0 Å². The molecule has 2 rings (SSSR count). The van der Waals surface area contributed by atoms with Crippen LogP contribution in [0.3, 0.4) is 0 Å². The smallest absolute Gasteiger partial charge is 0.258 e. The van der Waals surface area contributed by atoms with Crippen molar-refractivity contribution in [1.82, 2.24) is 9.97 Å². The molecule has 0 spiro atoms. The number of rotatable bonds is 3. The molecule has 0 radical (unpaired) electrons. The number of nitrogens with two attached hydrogens (primary N) is 1. The van der Waals surface area contributed by atoms with E-state index >= 15 is 0 Å². The van der Waals surface area contributed by atoms with Crippen LogP contribution in [0.5, 0.6) is 5.75 Å². The number of H-pyrrole nitrogens is 1. The lowest BCUT2D eigenvalue weighted by Gasteiger charge is -2.03. The average molecular weight is 219 g/mol. The molecule has 0 fully saturated rings. The van der Waals surface area contributed by atoms with Gasteiger partial charge in [0, 0.05) is 6.42 Å². The summed E-state index contributed by atoms with van der Waals surface area (Å²) < 4.78 is 5.05. The molecule has 1 heterocycles. The van der Waals surface area contributed by atoms with Gasteiger partial charge >= 0.3 is 0 Å². The van der Waals surface area contributed by atoms with Gasteiger partial charge < -0.3 is 15.5 Å². The Hall–Kier alpha value is -1.88. The van der Waals surface area contributed by atoms with E-state index in [-0.39, 0.29) is 5.56 Å². The fraction of sp³-hybridized carbons (Fsp3) is 0.273. The third-order valence-electron chi connectivity index (χ3n) is 2.34. The highest BCUT2D eigenvalue weighted by molar-refractivity contribution is 5.79. The Balaban J connectivity index is 2.62. The molecule has 0 aliphatic rings. The minimum Gasteiger partial charge on any atom is -0.497 e. The van der Waals surface area contributed by atoms with Gasteiger partial charge in [0.05, 0.1) is 18.0 Å². The third kappa shape index (κ3) is 1.90. The summed E-state index contributed by atoms with van der Waals surface area (Å²) in [7, 11) is 1.56. The van der Waals surface area contributed by atoms with E-state index in [2.05, 4.69) is 9.97 Å². The van der Waals surface area contributed by atoms with Gasteiger partial charge in [0.2, 0.25) is 0 Å². The molecule has 16 heavy (non-hydrogen) atoms. The fourth-order valence-electron chi connectivity index (χ4n) is 1.55. The minimum absolute atomic E-state index is 0.160. The molecule has 1 aromatic carbocycles. The van der Waals surface area contributed by atoms with E-state index in [4.69, 9.17) is 10.5 Å². The predicted molar refractivity (Wildman–Crippen MR) is 61.7 cm³/mol. The molecule has 0 amide bonds. The number of aromatic amines is 1. The number of fused-ring (bicyclic) bond motifs is 1. The van der Waals surface area contributed by atoms with Crippen molar-refractivity contribution in [2.45, 2.75) is 6.42 Å². The first kappa shape index (κ1) is 10.6. The molecular weight excluding hydrogens is 206 g/mol. The summed E-state index contributed by atoms with van der Waals surface area (Å²) in [5.41, 5.74) is 5.92. The van der Waals surface area contributed by atoms with Gasteiger partial charge in [-0.25, -0.2) is 4.98 Å². The Morgan fingerprint density at radius 2 is 2.31 bits per heavy atom. The molecule has 0 saturated heterocycles. The van der Waals surface area contributed by atoms with Crippen LogP contribution in [0.4, 0.5) is 0 Å². The Labute approximate surface area is 92.3 Å². The molecule has 0 atom stereocenters. The van der Waals surface area contributed by atoms with Gasteiger partial charge in [-0.05, 0) is 24.7 Å². The van der Waals surface area contributed by atoms with Crippen LogP contribution >= 0.6 is 0 Å². The lowest BCUT2D eigenvalue weighted by Crippen LogP contribution is -2.15. The van der Waals surface area contributed by atoms with Gasteiger partial charge in [-0.15, -0.1) is 0 Å². The van der Waals surface area contributed by atoms with Crippen molar-refractivity contribution in [3.05, 3.63) is 34.4 Å². The van der Waals surface area contributed by atoms with Gasteiger partial charge in [-0.2, -0.15) is 0 Å². The van der Waals surface area contributed by atoms with Gasteiger partial charge in [0.15, 0.2) is 0 Å². The van der Waals surface area contributed by atoms with E-state index in [1.165, 1.54) is 0 Å². The normalized spacial score (nSPS) is 10.6. The van der Waals surface area contributed by atoms with Gasteiger partial charge in [-0.3, -0.25) is 4.79 Å². The molecule has 1 aromatic heterocycles. The van der Waals surface area contributed by atoms with Crippen LogP contribution in [0.2, 0.25) is 0 Å². The number of methoxy groups -OCH3 is 1. The molecule has 0 aliphatic heterocycles. The first-order valence-corrected chi connectivity index (χ1v) is 5.01. The number of benzene rings is 1. The van der Waals surface area contributed by atoms with Crippen LogP contribution in [0.25, 0.3) is 10.9 Å². The van der Waals surface area contributed by atoms with Crippen molar-refractivity contribution in [1.29, 1.82) is 0 Å². The molecule has 0 saturated carbocycles. The summed E-state index contributed by atoms with van der Waals surface area (Å²) in [4.78, 5) is 18.8. The quantitative estimate of drug-likeness (QED) is 0.784. The summed E-state index contributed by atoms with van der Waals surface area (Å²) >= 11 is 0. The largest absolute Gasteiger partial charge is 0.497 e. The zero-order valence-corrected chi connectivity index (χ0v) is 8.99. The van der Waals surface area contributed by atoms with Crippen LogP contribution in [0.1, 0.15) is 5.82 Å². The van der Waals surface area contributed by atoms with Crippen molar-refractivity contribution >= 4 is 10.9 Å². The number of hydrogen-bond acceptors (Lipinski definition) is 4. The minimum atomic E-state index is -0.160. The zero-order chi connectivity index (χ0) is 11.5. The van der Waals surface area contributed by atoms with E-state index in [9.17, 15) is 4.79 Å². The Bertz CT molecular complexity index is 563. The number of ether oxygens (including phenoxy) is 1. The molecule has 5 heteroatoms. The standard InChI is InChI=1S/C11H13N3O2/c1-16-7-2-3-9-8(6-7)11(15)14-10(13-9)4-5-12/h2-3,6H,4-5,12H2,1H3,(H,13,14,15). The summed E-state index contributed by atoms with van der Waals surface area (Å²) in [6.45, 7) is 0.463. The molecule has 2 aromatic rings. The highest BCUT2D eigenvalue weighted by Gasteiger charge is 2.04. The Morgan fingerprint density at radius 1 is 1.50 bits per heavy atom. The Morgan fingerprint density at radius 3 is 3.00 bits per heavy atom. The van der Waals surface area contributed by atoms with Crippen LogP contribution in [0.15, 0.2) is 23.0 Å². The summed E-state index contributed by atoms with van der Waals surface area (Å²) in [6, 6.07) is 5.22. The van der Waals surface area contributed by atoms with Crippen molar-refractivity contribution in [3.63, 3.8) is 0 Å². The number of hydrogen-bond donors (Lipinski definition) is 2. The lowest BCUT2D eigenvalue weighted by atomic mass is 10.2. The molecule has 5 nitrogen and oxygen atoms in total. The van der Waals surface area contributed by atoms with Crippen molar-refractivity contribution in [2.75, 3.05) is 13.7 Å². The second-order valence-electron chi connectivity index (χ2n) is 3.43. The van der Waals surface area contributed by atoms with Crippen molar-refractivity contribution < 1.29 is 4.74 Å². The van der Waals surface area contributed by atoms with E-state index in [0.29, 0.717) is 35.4 Å². The second-order valence-corrected chi connectivity index (χ2v) is 3.43. The molecule has 3 N–H and O–H groups in total. The highest BCUT2D eigenvalue weighted by atomic mass is 16.5. The molecule has 84 valence electrons. The second kappa shape index (κ2) is 4.32. The molecular formula is C11H13N3O2. The maximum absolute atomic E-state index is 11.8. The van der Waals surface area contributed by atoms with Crippen LogP contribution in [0, 0.1) is 0 Å². The van der Waals surface area contributed by atoms with E-state index < -0.39 is 0 Å². The topological polar surface area (TPSA) is 81.0 Å². The van der Waals surface area contributed by atoms with Crippen LogP contribution in [-0.4, -0.2) is 23.6 Å². The van der Waals surface area contributed by atoms with Crippen LogP contribution in [-0.2, 0) is 6.42 Å². The van der Waals surface area contributed by atoms with E-state index in [0.717, 1.165) is 0 Å². The van der Waals surface area contributed by atoms with Crippen molar-refractivity contribution in [3.8, 4) is 5.75 Å². The summed E-state index contributed by atoms with van der Waals surface area (Å²) in [5.74, 6) is 1.26. The van der Waals surface area contributed by atoms with Crippen molar-refractivity contribution in [2.24, 2.45) is 5.73 Å². The van der Waals surface area contributed by atoms with E-state index in [1.807, 2.05) is 0 Å². The zero-order valence-electron chi connectivity index (χ0n) is 8.99. The number of nitrogens with zero attached hydrogens (tertiary/aromatic N) is 1. The van der Waals surface area contributed by atoms with E-state index in [1.54, 1.807) is 25.3 Å². The average Bonchev–Trinajstić information content (AvgIpc) is 2.29. The molecule has 0 bridgehead atoms. The maximum atomic E-state index is 11.8. The lowest BCUT2D eigenvalue weighted by molar-refractivity contribution is 0.415. The number of aromatic nitrogens is 2. The number of nitrogens with one attached hydrogen (secondary N) is 1. The fourth-order valence-corrected chi connectivity index (χ4v) is 1.55. The summed E-state index contributed by atoms with van der Waals surface area (Å²) in [5, 5.41) is 0.528. The first-order chi connectivity index (χ1) is 7.74. The van der Waals surface area contributed by atoms with Gasteiger partial charge in [0.1, 0.15) is 11.6 Å². The first-order valence-electron chi connectivity index (χ1n) is 5.01. The maximum Gasteiger partial charge on any atom is 0.258 e. The predicted octanol–water partition coefficient (Wildman–Crippen LogP) is 0.433. The van der Waals surface area contributed by atoms with Crippen LogP contribution < -0.4 is 16.0 Å². The Kier molecular flexibility index (Phi) is 2.87. The van der Waals surface area contributed by atoms with Gasteiger partial charge in [0.25, 0.3) is 5.56 Å². The highest BCUT2D eigenvalue weighted by Crippen LogP contribution is 2.15.